The largest absolute Gasteiger partial charge is 3.00 e. The maximum atomic E-state index is 13.3. The van der Waals surface area contributed by atoms with Crippen LogP contribution in [-0.2, 0) is 16.5 Å². The third-order valence-corrected chi connectivity index (χ3v) is 16.0. The van der Waals surface area contributed by atoms with Crippen molar-refractivity contribution in [2.24, 2.45) is 15.0 Å². The molecule has 399 valence electrons. The summed E-state index contributed by atoms with van der Waals surface area (Å²) >= 11 is 0. The fourth-order valence-corrected chi connectivity index (χ4v) is 12.7. The van der Waals surface area contributed by atoms with Gasteiger partial charge in [-0.2, -0.15) is 15.8 Å². The van der Waals surface area contributed by atoms with Crippen molar-refractivity contribution in [2.45, 2.75) is 20.8 Å². The van der Waals surface area contributed by atoms with Crippen molar-refractivity contribution in [1.29, 1.82) is 15.8 Å². The molecule has 10 aromatic rings. The zero-order chi connectivity index (χ0) is 56.8. The number of aliphatic imine (C=N–C) groups is 3. The van der Waals surface area contributed by atoms with Crippen LogP contribution in [0.15, 0.2) is 300 Å². The molecule has 0 saturated carbocycles. The van der Waals surface area contributed by atoms with Gasteiger partial charge in [0, 0.05) is 20.8 Å². The maximum absolute atomic E-state index is 13.3. The number of nitrogens with zero attached hydrogens (tertiary/aromatic N) is 7. The fourth-order valence-electron chi connectivity index (χ4n) is 8.40. The monoisotopic (exact) mass is 1120 g/mol. The minimum atomic E-state index is -1.91. The molecule has 0 bridgehead atoms. The van der Waals surface area contributed by atoms with Crippen LogP contribution in [0.3, 0.4) is 0 Å². The van der Waals surface area contributed by atoms with Crippen molar-refractivity contribution in [1.82, 2.24) is 0 Å². The van der Waals surface area contributed by atoms with Gasteiger partial charge in [-0.1, -0.05) is 200 Å². The van der Waals surface area contributed by atoms with Gasteiger partial charge in [-0.05, 0) is 119 Å². The van der Waals surface area contributed by atoms with Gasteiger partial charge in [0.2, 0.25) is 0 Å². The van der Waals surface area contributed by atoms with Gasteiger partial charge in [0.25, 0.3) is 0 Å². The molecule has 0 aliphatic rings. The molecule has 0 aliphatic carbocycles. The molecule has 0 saturated heterocycles. The summed E-state index contributed by atoms with van der Waals surface area (Å²) in [5.74, 6) is -1.24. The molecular formula is C69H56N7NiO3P+. The average Bonchev–Trinajstić information content (AvgIpc) is 3.62. The van der Waals surface area contributed by atoms with Crippen LogP contribution >= 0.6 is 7.26 Å². The van der Waals surface area contributed by atoms with E-state index in [0.29, 0.717) is 50.8 Å². The van der Waals surface area contributed by atoms with E-state index in [1.54, 1.807) is 127 Å². The summed E-state index contributed by atoms with van der Waals surface area (Å²) in [4.78, 5) is 15.3. The van der Waals surface area contributed by atoms with Gasteiger partial charge < -0.3 is 20.2 Å². The molecule has 1 radical (unpaired) electrons. The summed E-state index contributed by atoms with van der Waals surface area (Å²) < 4.78 is 0. The summed E-state index contributed by atoms with van der Waals surface area (Å²) in [6.07, 6.45) is 0. The second kappa shape index (κ2) is 33.2. The Balaban J connectivity index is 0.000000288. The molecule has 0 fully saturated rings. The molecule has 0 atom stereocenters. The van der Waals surface area contributed by atoms with Crippen molar-refractivity contribution >= 4 is 80.3 Å². The Morgan fingerprint density at radius 2 is 0.481 bits per heavy atom. The van der Waals surface area contributed by atoms with Crippen molar-refractivity contribution in [3.05, 3.63) is 302 Å². The first kappa shape index (κ1) is 61.7. The number of hydrogen-bond acceptors (Lipinski definition) is 10. The van der Waals surface area contributed by atoms with Crippen molar-refractivity contribution in [3.63, 3.8) is 0 Å². The number of benzene rings is 10. The summed E-state index contributed by atoms with van der Waals surface area (Å²) in [5, 5.41) is 67.4. The van der Waals surface area contributed by atoms with Crippen LogP contribution in [0.25, 0.3) is 0 Å². The van der Waals surface area contributed by atoms with Crippen molar-refractivity contribution in [3.8, 4) is 18.2 Å². The van der Waals surface area contributed by atoms with E-state index in [9.17, 15) is 15.3 Å². The first-order valence-electron chi connectivity index (χ1n) is 25.3. The quantitative estimate of drug-likeness (QED) is 0.0476. The Kier molecular flexibility index (Phi) is 25.3. The molecule has 0 heterocycles. The number of para-hydroxylation sites is 6. The van der Waals surface area contributed by atoms with Crippen LogP contribution in [0.4, 0.5) is 34.1 Å². The van der Waals surface area contributed by atoms with Gasteiger partial charge >= 0.3 is 16.5 Å². The SMILES string of the molecule is CC#N.CC#N.CC#N.[Ni+3].[O-]C(=Nc1ccccc1N(c1ccccc1N=C([O-])c1ccccc1)c1ccccc1N=C([O-])c1ccccc1)c1ccccc1.c1ccc([P+](c2ccccc2)(c2ccccc2)c2ccccc2)cc1. The van der Waals surface area contributed by atoms with Gasteiger partial charge in [-0.3, -0.25) is 15.0 Å². The predicted octanol–water partition coefficient (Wildman–Crippen LogP) is 12.4. The molecule has 10 aromatic carbocycles. The Bertz CT molecular complexity index is 3280. The molecule has 12 heteroatoms. The van der Waals surface area contributed by atoms with Crippen molar-refractivity contribution in [2.75, 3.05) is 4.90 Å². The molecule has 0 aromatic heterocycles. The van der Waals surface area contributed by atoms with Crippen LogP contribution in [0, 0.1) is 34.0 Å². The molecular weight excluding hydrogens is 1060 g/mol. The Hall–Kier alpha value is -10.2. The first-order valence-corrected chi connectivity index (χ1v) is 27.1. The summed E-state index contributed by atoms with van der Waals surface area (Å²) in [6.45, 7) is 4.29. The standard InChI is InChI=1S/C39H30N4O3.C24H20P.3C2H3N.Ni/c44-37(28-16-4-1-5-17-28)40-31-22-10-13-25-34(31)43(35-26-14-11-23-32(35)41-38(45)29-18-6-2-7-19-29)36-27-15-12-24-33(36)42-39(46)30-20-8-3-9-21-30;1-5-13-21(14-6-1)25(22-15-7-2-8-16-22,23-17-9-3-10-18-23)24-19-11-4-12-20-24;3*1-2-3;/h1-27H,(H,40,44)(H,41,45)(H,42,46);1-20H;3*1H3;/q;+1;;;;+3/p-3. The van der Waals surface area contributed by atoms with E-state index in [2.05, 4.69) is 136 Å². The van der Waals surface area contributed by atoms with Crippen LogP contribution < -0.4 is 41.4 Å². The number of hydrogen-bond donors (Lipinski definition) is 0. The van der Waals surface area contributed by atoms with E-state index < -0.39 is 25.0 Å². The Labute approximate surface area is 485 Å². The van der Waals surface area contributed by atoms with Crippen LogP contribution in [0.2, 0.25) is 0 Å². The average molecular weight is 1120 g/mol. The minimum Gasteiger partial charge on any atom is -0.858 e. The zero-order valence-corrected chi connectivity index (χ0v) is 46.6. The molecule has 0 aliphatic heterocycles. The topological polar surface area (TPSA) is 181 Å². The van der Waals surface area contributed by atoms with E-state index in [-0.39, 0.29) is 16.5 Å². The second-order valence-corrected chi connectivity index (χ2v) is 20.2. The van der Waals surface area contributed by atoms with E-state index in [1.807, 2.05) is 59.5 Å². The first-order chi connectivity index (χ1) is 39.2. The third kappa shape index (κ3) is 16.7. The predicted molar refractivity (Wildman–Crippen MR) is 324 cm³/mol. The van der Waals surface area contributed by atoms with Crippen molar-refractivity contribution < 1.29 is 31.8 Å². The fraction of sp³-hybridized carbons (Fsp3) is 0.0435. The Morgan fingerprint density at radius 1 is 0.309 bits per heavy atom. The van der Waals surface area contributed by atoms with Gasteiger partial charge in [-0.15, -0.1) is 0 Å². The number of rotatable bonds is 13. The van der Waals surface area contributed by atoms with Gasteiger partial charge in [0.1, 0.15) is 28.5 Å². The van der Waals surface area contributed by atoms with Gasteiger partial charge in [0.15, 0.2) is 0 Å². The molecule has 0 amide bonds. The maximum Gasteiger partial charge on any atom is 3.00 e. The zero-order valence-electron chi connectivity index (χ0n) is 44.8. The van der Waals surface area contributed by atoms with E-state index in [0.717, 1.165) is 0 Å². The molecule has 10 rings (SSSR count). The summed E-state index contributed by atoms with van der Waals surface area (Å²) in [6, 6.07) is 97.1. The van der Waals surface area contributed by atoms with Gasteiger partial charge in [-0.25, -0.2) is 0 Å². The number of nitriles is 3. The van der Waals surface area contributed by atoms with Crippen LogP contribution in [0.1, 0.15) is 37.5 Å². The van der Waals surface area contributed by atoms with Crippen LogP contribution in [0.5, 0.6) is 0 Å². The second-order valence-electron chi connectivity index (χ2n) is 16.8. The number of anilines is 3. The minimum absolute atomic E-state index is 0. The van der Waals surface area contributed by atoms with Gasteiger partial charge in [0.05, 0.1) is 52.3 Å². The molecule has 0 spiro atoms. The molecule has 10 nitrogen and oxygen atoms in total. The molecule has 81 heavy (non-hydrogen) atoms. The summed E-state index contributed by atoms with van der Waals surface area (Å²) in [7, 11) is -1.91. The Morgan fingerprint density at radius 3 is 0.691 bits per heavy atom. The van der Waals surface area contributed by atoms with Crippen LogP contribution in [-0.4, -0.2) is 17.7 Å². The molecule has 0 unspecified atom stereocenters. The van der Waals surface area contributed by atoms with E-state index >= 15 is 0 Å². The normalized spacial score (nSPS) is 10.6. The van der Waals surface area contributed by atoms with E-state index in [4.69, 9.17) is 15.8 Å². The molecule has 0 N–H and O–H groups in total. The van der Waals surface area contributed by atoms with E-state index in [1.165, 1.54) is 42.0 Å². The summed E-state index contributed by atoms with van der Waals surface area (Å²) in [5.41, 5.74) is 4.04. The smallest absolute Gasteiger partial charge is 0.858 e. The third-order valence-electron chi connectivity index (χ3n) is 11.7.